The second kappa shape index (κ2) is 21.8. The van der Waals surface area contributed by atoms with Crippen molar-refractivity contribution in [1.82, 2.24) is 0 Å². The second-order valence-electron chi connectivity index (χ2n) is 13.1. The first-order valence-corrected chi connectivity index (χ1v) is 18.1. The van der Waals surface area contributed by atoms with E-state index in [4.69, 9.17) is 38.3 Å². The van der Waals surface area contributed by atoms with Crippen molar-refractivity contribution >= 4 is 5.97 Å². The van der Waals surface area contributed by atoms with E-state index in [1.807, 2.05) is 6.07 Å². The first kappa shape index (κ1) is 43.6. The van der Waals surface area contributed by atoms with Crippen molar-refractivity contribution in [2.45, 2.75) is 32.8 Å². The Kier molecular flexibility index (Phi) is 17.6. The van der Waals surface area contributed by atoms with Gasteiger partial charge in [-0.05, 0) is 77.4 Å². The number of carbonyl (C=O) groups is 1. The van der Waals surface area contributed by atoms with E-state index in [1.165, 1.54) is 0 Å². The molecule has 0 bridgehead atoms. The normalized spacial score (nSPS) is 12.6. The molecule has 54 heavy (non-hydrogen) atoms. The van der Waals surface area contributed by atoms with Crippen molar-refractivity contribution in [3.05, 3.63) is 123 Å². The molecule has 284 valence electrons. The number of methoxy groups -OCH3 is 1. The number of rotatable bonds is 23. The smallest absolute Gasteiger partial charge is 0.545 e. The van der Waals surface area contributed by atoms with Gasteiger partial charge in [-0.25, -0.2) is 0 Å². The molecule has 4 aromatic carbocycles. The summed E-state index contributed by atoms with van der Waals surface area (Å²) < 4.78 is 38.7. The van der Waals surface area contributed by atoms with Crippen LogP contribution >= 0.6 is 0 Å². The molecule has 1 aliphatic rings. The van der Waals surface area contributed by atoms with E-state index >= 15 is 0 Å². The number of aliphatic hydroxyl groups excluding tert-OH is 1. The van der Waals surface area contributed by atoms with Crippen molar-refractivity contribution in [3.63, 3.8) is 0 Å². The van der Waals surface area contributed by atoms with E-state index in [2.05, 4.69) is 75.4 Å². The van der Waals surface area contributed by atoms with Crippen molar-refractivity contribution < 1.29 is 77.7 Å². The molecule has 0 spiro atoms. The average Bonchev–Trinajstić information content (AvgIpc) is 3.43. The van der Waals surface area contributed by atoms with E-state index in [9.17, 15) is 9.90 Å². The number of hydrogen-bond donors (Lipinski definition) is 1. The summed E-state index contributed by atoms with van der Waals surface area (Å²) in [6.07, 6.45) is 0. The Bertz CT molecular complexity index is 1760. The Hall–Kier alpha value is -3.13. The fourth-order valence-corrected chi connectivity index (χ4v) is 6.84. The molecule has 10 nitrogen and oxygen atoms in total. The molecule has 0 saturated heterocycles. The van der Waals surface area contributed by atoms with Crippen LogP contribution in [-0.2, 0) is 40.4 Å². The summed E-state index contributed by atoms with van der Waals surface area (Å²) in [5.74, 6) is -1.09. The molecule has 0 atom stereocenters. The predicted octanol–water partition coefficient (Wildman–Crippen LogP) is 1.94. The van der Waals surface area contributed by atoms with Crippen molar-refractivity contribution in [2.24, 2.45) is 0 Å². The summed E-state index contributed by atoms with van der Waals surface area (Å²) in [6.45, 7) is 10.9. The van der Waals surface area contributed by atoms with Crippen LogP contribution in [0.15, 0.2) is 72.8 Å². The van der Waals surface area contributed by atoms with E-state index in [1.54, 1.807) is 19.2 Å². The molecule has 0 aromatic heterocycles. The van der Waals surface area contributed by atoms with E-state index in [-0.39, 0.29) is 60.7 Å². The number of carboxylic acids is 1. The fraction of sp³-hybridized carbons (Fsp3) is 0.419. The summed E-state index contributed by atoms with van der Waals surface area (Å²) in [6, 6.07) is 24.8. The Morgan fingerprint density at radius 3 is 1.70 bits per heavy atom. The van der Waals surface area contributed by atoms with Gasteiger partial charge in [0.25, 0.3) is 0 Å². The number of carbonyl (C=O) groups excluding carboxylic acids is 1. The fourth-order valence-electron chi connectivity index (χ4n) is 6.84. The summed E-state index contributed by atoms with van der Waals surface area (Å²) in [5.41, 5.74) is 9.65. The third-order valence-electron chi connectivity index (χ3n) is 9.38. The van der Waals surface area contributed by atoms with Gasteiger partial charge in [-0.3, -0.25) is 0 Å². The van der Waals surface area contributed by atoms with E-state index < -0.39 is 11.4 Å². The van der Waals surface area contributed by atoms with Crippen LogP contribution in [-0.4, -0.2) is 97.5 Å². The number of aryl methyl sites for hydroxylation is 3. The minimum atomic E-state index is -1.32. The molecular weight excluding hydrogens is 699 g/mol. The third-order valence-corrected chi connectivity index (χ3v) is 9.38. The first-order valence-electron chi connectivity index (χ1n) is 18.1. The second-order valence-corrected chi connectivity index (χ2v) is 13.1. The summed E-state index contributed by atoms with van der Waals surface area (Å²) in [4.78, 5) is 12.7. The minimum absolute atomic E-state index is 0. The van der Waals surface area contributed by atoms with Gasteiger partial charge in [0.15, 0.2) is 0 Å². The van der Waals surface area contributed by atoms with Crippen LogP contribution in [0.3, 0.4) is 0 Å². The maximum absolute atomic E-state index is 12.7. The van der Waals surface area contributed by atoms with Crippen LogP contribution < -0.4 is 39.4 Å². The largest absolute Gasteiger partial charge is 1.00 e. The van der Waals surface area contributed by atoms with Crippen LogP contribution in [0.5, 0.6) is 5.75 Å². The van der Waals surface area contributed by atoms with Crippen LogP contribution in [0.4, 0.5) is 0 Å². The first-order chi connectivity index (χ1) is 25.8. The minimum Gasteiger partial charge on any atom is -0.545 e. The molecule has 0 unspecified atom stereocenters. The number of aromatic carboxylic acids is 1. The van der Waals surface area contributed by atoms with Crippen molar-refractivity contribution in [1.29, 1.82) is 0 Å². The Morgan fingerprint density at radius 2 is 1.15 bits per heavy atom. The van der Waals surface area contributed by atoms with Gasteiger partial charge in [-0.1, -0.05) is 71.8 Å². The van der Waals surface area contributed by atoms with Crippen LogP contribution in [0.1, 0.15) is 54.9 Å². The van der Waals surface area contributed by atoms with Gasteiger partial charge in [-0.2, -0.15) is 0 Å². The van der Waals surface area contributed by atoms with E-state index in [0.29, 0.717) is 66.1 Å². The summed E-state index contributed by atoms with van der Waals surface area (Å²) in [7, 11) is 1.62. The molecular formula is C43H51NaO10. The molecule has 11 heteroatoms. The number of aliphatic hydroxyl groups is 1. The zero-order valence-electron chi connectivity index (χ0n) is 32.2. The van der Waals surface area contributed by atoms with Crippen LogP contribution in [0, 0.1) is 20.8 Å². The standard InChI is InChI=1S/C43H52O10.Na/c1-30-5-10-36-37-11-6-31(2)26-40(37)43(39(36)25-30,34-8-7-33(32(3)27-34)29-52-22-21-50-18-17-48-14-13-44)35-9-12-41(38(28-35)42(45)46)53-24-23-51-20-19-49-16-15-47-4;/h5-12,25-28,44H,13-24,29H2,1-4H3,(H,45,46);/q;+1/p-1. The number of benzene rings is 4. The zero-order valence-corrected chi connectivity index (χ0v) is 34.2. The molecule has 1 aliphatic carbocycles. The van der Waals surface area contributed by atoms with E-state index in [0.717, 1.165) is 55.6 Å². The maximum Gasteiger partial charge on any atom is 1.00 e. The molecule has 0 radical (unpaired) electrons. The Balaban J connectivity index is 0.00000650. The predicted molar refractivity (Wildman–Crippen MR) is 200 cm³/mol. The van der Waals surface area contributed by atoms with Gasteiger partial charge in [-0.15, -0.1) is 0 Å². The SMILES string of the molecule is COCCOCCOCCOc1ccc(C2(c3ccc(COCCOCCOCCO)c(C)c3)c3cc(C)ccc3-c3ccc(C)cc32)cc1C(=O)[O-].[Na+]. The number of carboxylic acid groups (broad SMARTS) is 1. The average molecular weight is 751 g/mol. The van der Waals surface area contributed by atoms with Crippen molar-refractivity contribution in [2.75, 3.05) is 86.4 Å². The molecule has 5 rings (SSSR count). The van der Waals surface area contributed by atoms with Gasteiger partial charge < -0.3 is 48.2 Å². The monoisotopic (exact) mass is 750 g/mol. The summed E-state index contributed by atoms with van der Waals surface area (Å²) >= 11 is 0. The molecule has 1 N–H and O–H groups in total. The zero-order chi connectivity index (χ0) is 37.6. The van der Waals surface area contributed by atoms with Gasteiger partial charge in [0, 0.05) is 12.7 Å². The number of ether oxygens (including phenoxy) is 7. The summed E-state index contributed by atoms with van der Waals surface area (Å²) in [5, 5.41) is 21.5. The quantitative estimate of drug-likeness (QED) is 0.0783. The van der Waals surface area contributed by atoms with Crippen LogP contribution in [0.2, 0.25) is 0 Å². The van der Waals surface area contributed by atoms with Crippen LogP contribution in [0.25, 0.3) is 11.1 Å². The molecule has 0 saturated carbocycles. The molecule has 0 amide bonds. The molecule has 0 heterocycles. The van der Waals surface area contributed by atoms with Gasteiger partial charge in [0.1, 0.15) is 12.4 Å². The number of hydrogen-bond acceptors (Lipinski definition) is 10. The topological polar surface area (TPSA) is 125 Å². The third kappa shape index (κ3) is 10.6. The van der Waals surface area contributed by atoms with Crippen molar-refractivity contribution in [3.8, 4) is 16.9 Å². The molecule has 0 fully saturated rings. The number of fused-ring (bicyclic) bond motifs is 3. The molecule has 4 aromatic rings. The maximum atomic E-state index is 12.7. The van der Waals surface area contributed by atoms with Gasteiger partial charge in [0.05, 0.1) is 90.7 Å². The van der Waals surface area contributed by atoms with Gasteiger partial charge in [0.2, 0.25) is 0 Å². The molecule has 0 aliphatic heterocycles. The van der Waals surface area contributed by atoms with Gasteiger partial charge >= 0.3 is 29.6 Å². The Labute approximate surface area is 340 Å². The Morgan fingerprint density at radius 1 is 0.630 bits per heavy atom.